The summed E-state index contributed by atoms with van der Waals surface area (Å²) in [6.45, 7) is 3.00. The summed E-state index contributed by atoms with van der Waals surface area (Å²) >= 11 is 0. The zero-order valence-electron chi connectivity index (χ0n) is 15.2. The third-order valence-electron chi connectivity index (χ3n) is 4.84. The normalized spacial score (nSPS) is 19.5. The highest BCUT2D eigenvalue weighted by molar-refractivity contribution is 7.86. The van der Waals surface area contributed by atoms with Crippen molar-refractivity contribution in [3.63, 3.8) is 0 Å². The third-order valence-corrected chi connectivity index (χ3v) is 6.75. The first-order valence-corrected chi connectivity index (χ1v) is 9.83. The van der Waals surface area contributed by atoms with Crippen LogP contribution in [0.25, 0.3) is 11.4 Å². The topological polar surface area (TPSA) is 71.3 Å². The Labute approximate surface area is 149 Å². The van der Waals surface area contributed by atoms with Crippen LogP contribution in [0, 0.1) is 6.92 Å². The number of imidazole rings is 1. The largest absolute Gasteiger partial charge is 0.330 e. The molecule has 2 aromatic rings. The van der Waals surface area contributed by atoms with Gasteiger partial charge in [-0.2, -0.15) is 17.0 Å². The van der Waals surface area contributed by atoms with Crippen LogP contribution >= 0.6 is 0 Å². The Hall–Kier alpha value is -1.77. The molecule has 0 N–H and O–H groups in total. The van der Waals surface area contributed by atoms with Crippen molar-refractivity contribution in [3.8, 4) is 11.4 Å². The van der Waals surface area contributed by atoms with E-state index in [0.717, 1.165) is 35.7 Å². The number of pyridine rings is 1. The number of piperidine rings is 1. The molecule has 0 amide bonds. The van der Waals surface area contributed by atoms with Crippen LogP contribution in [0.3, 0.4) is 0 Å². The molecule has 1 fully saturated rings. The molecule has 0 aliphatic carbocycles. The lowest BCUT2D eigenvalue weighted by Gasteiger charge is -2.33. The van der Waals surface area contributed by atoms with Gasteiger partial charge in [0.1, 0.15) is 5.82 Å². The van der Waals surface area contributed by atoms with E-state index >= 15 is 0 Å². The quantitative estimate of drug-likeness (QED) is 0.830. The van der Waals surface area contributed by atoms with Gasteiger partial charge >= 0.3 is 0 Å². The molecule has 0 saturated carbocycles. The van der Waals surface area contributed by atoms with E-state index in [-0.39, 0.29) is 5.92 Å². The molecule has 136 valence electrons. The van der Waals surface area contributed by atoms with E-state index in [9.17, 15) is 8.42 Å². The van der Waals surface area contributed by atoms with E-state index < -0.39 is 10.2 Å². The van der Waals surface area contributed by atoms with Crippen LogP contribution in [0.4, 0.5) is 0 Å². The summed E-state index contributed by atoms with van der Waals surface area (Å²) in [4.78, 5) is 9.13. The highest BCUT2D eigenvalue weighted by Crippen LogP contribution is 2.29. The molecule has 8 heteroatoms. The first kappa shape index (κ1) is 18.0. The van der Waals surface area contributed by atoms with E-state index in [4.69, 9.17) is 4.98 Å². The third kappa shape index (κ3) is 3.47. The number of aromatic nitrogens is 3. The fourth-order valence-corrected chi connectivity index (χ4v) is 4.38. The molecule has 7 nitrogen and oxygen atoms in total. The molecule has 0 spiro atoms. The Morgan fingerprint density at radius 1 is 1.28 bits per heavy atom. The summed E-state index contributed by atoms with van der Waals surface area (Å²) in [6, 6.07) is 5.94. The lowest BCUT2D eigenvalue weighted by Crippen LogP contribution is -2.45. The molecule has 0 radical (unpaired) electrons. The van der Waals surface area contributed by atoms with Crippen LogP contribution in [0.15, 0.2) is 24.4 Å². The van der Waals surface area contributed by atoms with Crippen molar-refractivity contribution in [1.29, 1.82) is 0 Å². The molecule has 3 rings (SSSR count). The van der Waals surface area contributed by atoms with Gasteiger partial charge in [-0.3, -0.25) is 4.98 Å². The van der Waals surface area contributed by atoms with E-state index in [1.165, 1.54) is 4.31 Å². The fourth-order valence-electron chi connectivity index (χ4n) is 3.19. The van der Waals surface area contributed by atoms with Gasteiger partial charge in [0.2, 0.25) is 0 Å². The van der Waals surface area contributed by atoms with Gasteiger partial charge in [-0.05, 0) is 31.9 Å². The predicted octanol–water partition coefficient (Wildman–Crippen LogP) is 1.78. The van der Waals surface area contributed by atoms with Crippen molar-refractivity contribution in [1.82, 2.24) is 23.1 Å². The lowest BCUT2D eigenvalue weighted by atomic mass is 9.95. The Kier molecular flexibility index (Phi) is 4.95. The van der Waals surface area contributed by atoms with E-state index in [1.807, 2.05) is 42.9 Å². The van der Waals surface area contributed by atoms with Gasteiger partial charge in [-0.15, -0.1) is 0 Å². The standard InChI is InChI=1S/C17H25N5O2S/c1-13-18-11-17(21(13)4)16-9-5-8-15(19-16)14-7-6-10-22(12-14)25(23,24)20(2)3/h5,8-9,11,14H,6-7,10,12H2,1-4H3. The monoisotopic (exact) mass is 363 g/mol. The number of rotatable bonds is 4. The highest BCUT2D eigenvalue weighted by atomic mass is 32.2. The van der Waals surface area contributed by atoms with Crippen LogP contribution in [-0.4, -0.2) is 58.7 Å². The molecule has 1 atom stereocenters. The van der Waals surface area contributed by atoms with Gasteiger partial charge in [0, 0.05) is 45.8 Å². The molecule has 1 saturated heterocycles. The maximum atomic E-state index is 12.4. The second-order valence-electron chi connectivity index (χ2n) is 6.68. The first-order valence-electron chi connectivity index (χ1n) is 8.44. The molecule has 25 heavy (non-hydrogen) atoms. The summed E-state index contributed by atoms with van der Waals surface area (Å²) < 4.78 is 29.7. The molecule has 3 heterocycles. The van der Waals surface area contributed by atoms with E-state index in [0.29, 0.717) is 13.1 Å². The molecule has 1 aliphatic heterocycles. The molecule has 0 aromatic carbocycles. The lowest BCUT2D eigenvalue weighted by molar-refractivity contribution is 0.296. The molecular weight excluding hydrogens is 338 g/mol. The average molecular weight is 363 g/mol. The van der Waals surface area contributed by atoms with Crippen molar-refractivity contribution in [3.05, 3.63) is 35.9 Å². The summed E-state index contributed by atoms with van der Waals surface area (Å²) in [6.07, 6.45) is 3.61. The Morgan fingerprint density at radius 3 is 2.68 bits per heavy atom. The summed E-state index contributed by atoms with van der Waals surface area (Å²) in [7, 11) is 1.73. The molecule has 2 aromatic heterocycles. The molecule has 1 unspecified atom stereocenters. The maximum Gasteiger partial charge on any atom is 0.281 e. The smallest absolute Gasteiger partial charge is 0.281 e. The van der Waals surface area contributed by atoms with E-state index in [2.05, 4.69) is 4.98 Å². The van der Waals surface area contributed by atoms with Crippen LogP contribution in [0.5, 0.6) is 0 Å². The zero-order chi connectivity index (χ0) is 18.2. The number of hydrogen-bond donors (Lipinski definition) is 0. The second kappa shape index (κ2) is 6.86. The fraction of sp³-hybridized carbons (Fsp3) is 0.529. The Bertz CT molecular complexity index is 860. The van der Waals surface area contributed by atoms with Gasteiger partial charge in [-0.25, -0.2) is 4.98 Å². The van der Waals surface area contributed by atoms with Gasteiger partial charge < -0.3 is 4.57 Å². The van der Waals surface area contributed by atoms with Crippen molar-refractivity contribution in [2.75, 3.05) is 27.2 Å². The summed E-state index contributed by atoms with van der Waals surface area (Å²) in [5, 5.41) is 0. The van der Waals surface area contributed by atoms with Crippen LogP contribution in [0.2, 0.25) is 0 Å². The maximum absolute atomic E-state index is 12.4. The first-order chi connectivity index (χ1) is 11.8. The number of aryl methyl sites for hydroxylation is 1. The molecule has 1 aliphatic rings. The predicted molar refractivity (Wildman–Crippen MR) is 97.3 cm³/mol. The van der Waals surface area contributed by atoms with Crippen molar-refractivity contribution in [2.45, 2.75) is 25.7 Å². The molecule has 0 bridgehead atoms. The summed E-state index contributed by atoms with van der Waals surface area (Å²) in [5.74, 6) is 1.04. The zero-order valence-corrected chi connectivity index (χ0v) is 16.0. The van der Waals surface area contributed by atoms with Crippen molar-refractivity contribution < 1.29 is 8.42 Å². The van der Waals surface area contributed by atoms with Crippen molar-refractivity contribution in [2.24, 2.45) is 7.05 Å². The van der Waals surface area contributed by atoms with Crippen LogP contribution < -0.4 is 0 Å². The Morgan fingerprint density at radius 2 is 2.04 bits per heavy atom. The van der Waals surface area contributed by atoms with Gasteiger partial charge in [-0.1, -0.05) is 6.07 Å². The second-order valence-corrected chi connectivity index (χ2v) is 8.83. The van der Waals surface area contributed by atoms with Gasteiger partial charge in [0.25, 0.3) is 10.2 Å². The SMILES string of the molecule is Cc1ncc(-c2cccc(C3CCCN(S(=O)(=O)N(C)C)C3)n2)n1C. The molecular formula is C17H25N5O2S. The minimum atomic E-state index is -3.38. The highest BCUT2D eigenvalue weighted by Gasteiger charge is 2.31. The van der Waals surface area contributed by atoms with Gasteiger partial charge in [0.05, 0.1) is 17.6 Å². The average Bonchev–Trinajstić information content (AvgIpc) is 2.94. The van der Waals surface area contributed by atoms with Crippen LogP contribution in [-0.2, 0) is 17.3 Å². The minimum Gasteiger partial charge on any atom is -0.330 e. The number of nitrogens with zero attached hydrogens (tertiary/aromatic N) is 5. The van der Waals surface area contributed by atoms with Crippen molar-refractivity contribution >= 4 is 10.2 Å². The minimum absolute atomic E-state index is 0.109. The van der Waals surface area contributed by atoms with Gasteiger partial charge in [0.15, 0.2) is 0 Å². The Balaban J connectivity index is 1.87. The van der Waals surface area contributed by atoms with E-state index in [1.54, 1.807) is 18.4 Å². The summed E-state index contributed by atoms with van der Waals surface area (Å²) in [5.41, 5.74) is 2.77. The van der Waals surface area contributed by atoms with Crippen LogP contribution in [0.1, 0.15) is 30.3 Å². The number of hydrogen-bond acceptors (Lipinski definition) is 4.